The maximum absolute atomic E-state index is 4.61. The molecule has 0 amide bonds. The van der Waals surface area contributed by atoms with E-state index < -0.39 is 0 Å². The van der Waals surface area contributed by atoms with E-state index in [0.717, 1.165) is 37.0 Å². The van der Waals surface area contributed by atoms with E-state index in [-0.39, 0.29) is 24.0 Å². The lowest BCUT2D eigenvalue weighted by molar-refractivity contribution is 0.173. The van der Waals surface area contributed by atoms with Gasteiger partial charge in [0.2, 0.25) is 0 Å². The molecule has 0 aromatic carbocycles. The number of rotatable bonds is 9. The van der Waals surface area contributed by atoms with Crippen LogP contribution in [0.5, 0.6) is 0 Å². The smallest absolute Gasteiger partial charge is 0.191 e. The van der Waals surface area contributed by atoms with E-state index in [0.29, 0.717) is 18.6 Å². The Morgan fingerprint density at radius 3 is 2.31 bits per heavy atom. The summed E-state index contributed by atoms with van der Waals surface area (Å²) in [6, 6.07) is 7.21. The summed E-state index contributed by atoms with van der Waals surface area (Å²) in [4.78, 5) is 13.4. The minimum Gasteiger partial charge on any atom is -0.363 e. The van der Waals surface area contributed by atoms with Crippen LogP contribution in [0.15, 0.2) is 23.2 Å². The van der Waals surface area contributed by atoms with E-state index >= 15 is 0 Å². The summed E-state index contributed by atoms with van der Waals surface area (Å²) in [6.07, 6.45) is 1.09. The summed E-state index contributed by atoms with van der Waals surface area (Å²) >= 11 is 0. The largest absolute Gasteiger partial charge is 0.363 e. The molecule has 0 bridgehead atoms. The molecular formula is C19H37IN6. The minimum atomic E-state index is 0. The van der Waals surface area contributed by atoms with Gasteiger partial charge < -0.3 is 15.5 Å². The van der Waals surface area contributed by atoms with Crippen molar-refractivity contribution in [2.75, 3.05) is 39.1 Å². The number of pyridine rings is 1. The summed E-state index contributed by atoms with van der Waals surface area (Å²) in [5, 5.41) is 6.71. The van der Waals surface area contributed by atoms with Gasteiger partial charge in [-0.1, -0.05) is 6.07 Å². The number of halogens is 1. The summed E-state index contributed by atoms with van der Waals surface area (Å²) in [6.45, 7) is 11.7. The second-order valence-electron chi connectivity index (χ2n) is 7.01. The van der Waals surface area contributed by atoms with Crippen LogP contribution in [0.25, 0.3) is 0 Å². The quantitative estimate of drug-likeness (QED) is 0.249. The van der Waals surface area contributed by atoms with Gasteiger partial charge in [-0.15, -0.1) is 24.0 Å². The molecule has 1 aromatic rings. The molecule has 0 saturated heterocycles. The molecule has 1 rings (SSSR count). The maximum Gasteiger partial charge on any atom is 0.191 e. The van der Waals surface area contributed by atoms with Gasteiger partial charge in [-0.3, -0.25) is 9.89 Å². The van der Waals surface area contributed by atoms with E-state index in [1.165, 1.54) is 0 Å². The highest BCUT2D eigenvalue weighted by atomic mass is 127. The third kappa shape index (κ3) is 9.02. The molecular weight excluding hydrogens is 439 g/mol. The molecule has 7 heteroatoms. The van der Waals surface area contributed by atoms with E-state index in [1.807, 2.05) is 37.2 Å². The zero-order valence-electron chi connectivity index (χ0n) is 17.4. The van der Waals surface area contributed by atoms with Gasteiger partial charge in [-0.05, 0) is 46.2 Å². The fourth-order valence-corrected chi connectivity index (χ4v) is 2.79. The van der Waals surface area contributed by atoms with Crippen molar-refractivity contribution >= 4 is 35.8 Å². The number of hydrogen-bond donors (Lipinski definition) is 2. The van der Waals surface area contributed by atoms with Gasteiger partial charge in [0, 0.05) is 46.3 Å². The van der Waals surface area contributed by atoms with Crippen LogP contribution in [0.3, 0.4) is 0 Å². The Labute approximate surface area is 176 Å². The molecule has 0 aliphatic rings. The van der Waals surface area contributed by atoms with Crippen molar-refractivity contribution in [3.05, 3.63) is 23.9 Å². The molecule has 150 valence electrons. The molecule has 0 fully saturated rings. The van der Waals surface area contributed by atoms with Crippen molar-refractivity contribution in [3.63, 3.8) is 0 Å². The average Bonchev–Trinajstić information content (AvgIpc) is 2.56. The number of guanidine groups is 1. The summed E-state index contributed by atoms with van der Waals surface area (Å²) in [5.41, 5.74) is 1.000. The molecule has 2 N–H and O–H groups in total. The summed E-state index contributed by atoms with van der Waals surface area (Å²) in [5.74, 6) is 1.78. The number of hydrogen-bond acceptors (Lipinski definition) is 4. The number of nitrogens with zero attached hydrogens (tertiary/aromatic N) is 4. The zero-order chi connectivity index (χ0) is 18.8. The van der Waals surface area contributed by atoms with Crippen molar-refractivity contribution in [2.24, 2.45) is 4.99 Å². The van der Waals surface area contributed by atoms with Crippen molar-refractivity contribution in [1.82, 2.24) is 20.5 Å². The van der Waals surface area contributed by atoms with E-state index in [9.17, 15) is 0 Å². The summed E-state index contributed by atoms with van der Waals surface area (Å²) in [7, 11) is 5.79. The Morgan fingerprint density at radius 1 is 1.12 bits per heavy atom. The van der Waals surface area contributed by atoms with Crippen molar-refractivity contribution in [1.29, 1.82) is 0 Å². The minimum absolute atomic E-state index is 0. The lowest BCUT2D eigenvalue weighted by Crippen LogP contribution is -2.41. The molecule has 0 atom stereocenters. The molecule has 6 nitrogen and oxygen atoms in total. The first kappa shape index (κ1) is 24.9. The molecule has 0 aliphatic heterocycles. The normalized spacial score (nSPS) is 11.7. The fraction of sp³-hybridized carbons (Fsp3) is 0.684. The van der Waals surface area contributed by atoms with Gasteiger partial charge in [-0.2, -0.15) is 0 Å². The van der Waals surface area contributed by atoms with E-state index in [2.05, 4.69) is 53.2 Å². The zero-order valence-corrected chi connectivity index (χ0v) is 19.7. The standard InChI is InChI=1S/C19H36N6.HI/c1-15(2)25(16(3)4)13-9-12-21-19(20-5)22-14-17-10-8-11-18(23-17)24(6)7;/h8,10-11,15-16H,9,12-14H2,1-7H3,(H2,20,21,22);1H. The highest BCUT2D eigenvalue weighted by molar-refractivity contribution is 14.0. The van der Waals surface area contributed by atoms with Crippen LogP contribution in [0.1, 0.15) is 39.8 Å². The van der Waals surface area contributed by atoms with Gasteiger partial charge >= 0.3 is 0 Å². The molecule has 0 saturated carbocycles. The Morgan fingerprint density at radius 2 is 1.77 bits per heavy atom. The van der Waals surface area contributed by atoms with Crippen LogP contribution >= 0.6 is 24.0 Å². The third-order valence-corrected chi connectivity index (χ3v) is 4.12. The molecule has 26 heavy (non-hydrogen) atoms. The maximum atomic E-state index is 4.61. The Balaban J connectivity index is 0.00000625. The number of anilines is 1. The first-order valence-corrected chi connectivity index (χ1v) is 9.18. The van der Waals surface area contributed by atoms with E-state index in [1.54, 1.807) is 7.05 Å². The first-order valence-electron chi connectivity index (χ1n) is 9.18. The predicted octanol–water partition coefficient (Wildman–Crippen LogP) is 2.94. The van der Waals surface area contributed by atoms with Gasteiger partial charge in [0.05, 0.1) is 12.2 Å². The molecule has 1 heterocycles. The highest BCUT2D eigenvalue weighted by Gasteiger charge is 2.12. The van der Waals surface area contributed by atoms with Gasteiger partial charge in [-0.25, -0.2) is 4.98 Å². The van der Waals surface area contributed by atoms with Gasteiger partial charge in [0.25, 0.3) is 0 Å². The number of nitrogens with one attached hydrogen (secondary N) is 2. The molecule has 0 radical (unpaired) electrons. The number of aromatic nitrogens is 1. The molecule has 1 aromatic heterocycles. The average molecular weight is 476 g/mol. The van der Waals surface area contributed by atoms with Gasteiger partial charge in [0.15, 0.2) is 5.96 Å². The first-order chi connectivity index (χ1) is 11.8. The van der Waals surface area contributed by atoms with Crippen LogP contribution in [-0.4, -0.2) is 62.2 Å². The van der Waals surface area contributed by atoms with Crippen LogP contribution in [0.4, 0.5) is 5.82 Å². The molecule has 0 spiro atoms. The SMILES string of the molecule is CN=C(NCCCN(C(C)C)C(C)C)NCc1cccc(N(C)C)n1.I. The highest BCUT2D eigenvalue weighted by Crippen LogP contribution is 2.07. The lowest BCUT2D eigenvalue weighted by atomic mass is 10.2. The third-order valence-electron chi connectivity index (χ3n) is 4.12. The lowest BCUT2D eigenvalue weighted by Gasteiger charge is -2.30. The van der Waals surface area contributed by atoms with E-state index in [4.69, 9.17) is 0 Å². The fourth-order valence-electron chi connectivity index (χ4n) is 2.79. The second kappa shape index (κ2) is 13.1. The number of aliphatic imine (C=N–C) groups is 1. The predicted molar refractivity (Wildman–Crippen MR) is 124 cm³/mol. The van der Waals surface area contributed by atoms with Crippen LogP contribution in [0.2, 0.25) is 0 Å². The van der Waals surface area contributed by atoms with Crippen molar-refractivity contribution < 1.29 is 0 Å². The molecule has 0 unspecified atom stereocenters. The van der Waals surface area contributed by atoms with Crippen molar-refractivity contribution in [3.8, 4) is 0 Å². The van der Waals surface area contributed by atoms with Crippen molar-refractivity contribution in [2.45, 2.75) is 52.7 Å². The monoisotopic (exact) mass is 476 g/mol. The molecule has 0 aliphatic carbocycles. The second-order valence-corrected chi connectivity index (χ2v) is 7.01. The topological polar surface area (TPSA) is 55.8 Å². The van der Waals surface area contributed by atoms with Crippen LogP contribution in [-0.2, 0) is 6.54 Å². The van der Waals surface area contributed by atoms with Gasteiger partial charge in [0.1, 0.15) is 5.82 Å². The van der Waals surface area contributed by atoms with Crippen LogP contribution < -0.4 is 15.5 Å². The Hall–Kier alpha value is -1.09. The summed E-state index contributed by atoms with van der Waals surface area (Å²) < 4.78 is 0. The Kier molecular flexibility index (Phi) is 12.6. The van der Waals surface area contributed by atoms with Crippen LogP contribution in [0, 0.1) is 0 Å². The Bertz CT molecular complexity index is 523.